The third kappa shape index (κ3) is 7.10. The minimum absolute atomic E-state index is 0.152. The number of nitrogens with one attached hydrogen (secondary N) is 3. The molecule has 9 nitrogen and oxygen atoms in total. The lowest BCUT2D eigenvalue weighted by Gasteiger charge is -2.37. The molecule has 14 heteroatoms. The van der Waals surface area contributed by atoms with Gasteiger partial charge >= 0.3 is 5.97 Å². The van der Waals surface area contributed by atoms with Gasteiger partial charge in [-0.2, -0.15) is 13.8 Å². The van der Waals surface area contributed by atoms with Crippen LogP contribution in [0.5, 0.6) is 5.75 Å². The molecule has 2 amide bonds. The van der Waals surface area contributed by atoms with Crippen LogP contribution in [0.2, 0.25) is 0 Å². The van der Waals surface area contributed by atoms with Gasteiger partial charge in [-0.3, -0.25) is 9.59 Å². The Labute approximate surface area is 303 Å². The zero-order valence-corrected chi connectivity index (χ0v) is 27.8. The first-order chi connectivity index (χ1) is 26.1. The summed E-state index contributed by atoms with van der Waals surface area (Å²) in [6, 6.07) is 29.0. The Kier molecular flexibility index (Phi) is 10.8. The Morgan fingerprint density at radius 1 is 0.704 bits per heavy atom. The number of isocyanates is 1. The van der Waals surface area contributed by atoms with E-state index >= 15 is 0 Å². The summed E-state index contributed by atoms with van der Waals surface area (Å²) >= 11 is 0. The van der Waals surface area contributed by atoms with Crippen molar-refractivity contribution in [2.45, 2.75) is 24.0 Å². The predicted molar refractivity (Wildman–Crippen MR) is 185 cm³/mol. The molecule has 0 radical (unpaired) electrons. The Hall–Kier alpha value is -6.92. The Balaban J connectivity index is 1.41. The van der Waals surface area contributed by atoms with E-state index in [1.165, 1.54) is 12.3 Å². The van der Waals surface area contributed by atoms with E-state index in [4.69, 9.17) is 4.74 Å². The van der Waals surface area contributed by atoms with Crippen molar-refractivity contribution in [1.29, 1.82) is 0 Å². The number of amides is 2. The molecule has 0 saturated carbocycles. The fourth-order valence-electron chi connectivity index (χ4n) is 6.16. The van der Waals surface area contributed by atoms with Crippen molar-refractivity contribution in [3.05, 3.63) is 173 Å². The zero-order valence-electron chi connectivity index (χ0n) is 27.8. The third-order valence-corrected chi connectivity index (χ3v) is 8.66. The van der Waals surface area contributed by atoms with Crippen molar-refractivity contribution in [1.82, 2.24) is 15.6 Å². The summed E-state index contributed by atoms with van der Waals surface area (Å²) in [5.74, 6) is -18.1. The van der Waals surface area contributed by atoms with E-state index in [0.29, 0.717) is 27.6 Å². The van der Waals surface area contributed by atoms with Gasteiger partial charge in [0.1, 0.15) is 11.6 Å². The highest BCUT2D eigenvalue weighted by Crippen LogP contribution is 2.37. The number of nitrogens with zero attached hydrogens (tertiary/aromatic N) is 1. The molecule has 0 spiro atoms. The van der Waals surface area contributed by atoms with Gasteiger partial charge in [-0.05, 0) is 22.8 Å². The Morgan fingerprint density at radius 3 is 1.70 bits per heavy atom. The number of H-pyrrole nitrogens is 1. The second kappa shape index (κ2) is 15.8. The number of rotatable bonds is 12. The highest BCUT2D eigenvalue weighted by molar-refractivity contribution is 5.96. The number of aromatic nitrogens is 1. The van der Waals surface area contributed by atoms with E-state index in [0.717, 1.165) is 0 Å². The molecule has 6 aromatic rings. The topological polar surface area (TPSA) is 130 Å². The van der Waals surface area contributed by atoms with Gasteiger partial charge in [0.05, 0.1) is 6.42 Å². The van der Waals surface area contributed by atoms with Crippen LogP contribution in [0.25, 0.3) is 10.9 Å². The number of para-hydroxylation sites is 1. The van der Waals surface area contributed by atoms with Gasteiger partial charge in [-0.15, -0.1) is 0 Å². The molecule has 0 saturated heterocycles. The van der Waals surface area contributed by atoms with Gasteiger partial charge in [0.2, 0.25) is 46.8 Å². The molecule has 2 atom stereocenters. The SMILES string of the molecule is O=C=NC(C(=O)N[C@H](CC(=O)NC(c1ccccc1)(c1ccccc1)c1ccccc1)C(=O)Oc1c(F)c(F)c(F)c(F)c1F)c1c[nH]c2ccccc12. The molecule has 0 fully saturated rings. The fourth-order valence-corrected chi connectivity index (χ4v) is 6.16. The Morgan fingerprint density at radius 2 is 1.19 bits per heavy atom. The number of fused-ring (bicyclic) bond motifs is 1. The zero-order chi connectivity index (χ0) is 38.4. The van der Waals surface area contributed by atoms with Crippen LogP contribution >= 0.6 is 0 Å². The molecule has 0 aliphatic carbocycles. The summed E-state index contributed by atoms with van der Waals surface area (Å²) in [6.45, 7) is 0. The number of benzene rings is 5. The van der Waals surface area contributed by atoms with E-state index < -0.39 is 76.7 Å². The van der Waals surface area contributed by atoms with Gasteiger partial charge < -0.3 is 20.4 Å². The van der Waals surface area contributed by atoms with Crippen LogP contribution in [-0.4, -0.2) is 34.9 Å². The van der Waals surface area contributed by atoms with Crippen molar-refractivity contribution in [2.24, 2.45) is 4.99 Å². The van der Waals surface area contributed by atoms with Gasteiger partial charge in [0.15, 0.2) is 6.04 Å². The number of aromatic amines is 1. The van der Waals surface area contributed by atoms with E-state index in [9.17, 15) is 41.1 Å². The number of aliphatic imine (C=N–C) groups is 1. The molecule has 1 unspecified atom stereocenters. The molecule has 5 aromatic carbocycles. The standard InChI is InChI=1S/C40H27F5N4O5/c41-31-32(42)34(44)37(35(45)33(31)43)54-39(53)29(48-38(52)36(47-22-50)27-21-46-28-19-11-10-18-26(27)28)20-30(51)49-40(23-12-4-1-5-13-23,24-14-6-2-7-15-24)25-16-8-3-9-17-25/h1-19,21,29,36,46H,20H2,(H,48,52)(H,49,51)/t29-,36?/m1/s1. The van der Waals surface area contributed by atoms with Crippen LogP contribution in [-0.2, 0) is 24.7 Å². The summed E-state index contributed by atoms with van der Waals surface area (Å²) in [6.07, 6.45) is 1.66. The first-order valence-electron chi connectivity index (χ1n) is 16.2. The average Bonchev–Trinajstić information content (AvgIpc) is 3.63. The number of halogens is 5. The lowest BCUT2D eigenvalue weighted by molar-refractivity contribution is -0.142. The number of hydrogen-bond donors (Lipinski definition) is 3. The second-order valence-corrected chi connectivity index (χ2v) is 11.9. The number of carbonyl (C=O) groups excluding carboxylic acids is 4. The molecule has 54 heavy (non-hydrogen) atoms. The van der Waals surface area contributed by atoms with E-state index in [2.05, 4.69) is 20.6 Å². The maximum Gasteiger partial charge on any atom is 0.334 e. The van der Waals surface area contributed by atoms with Crippen LogP contribution in [0.3, 0.4) is 0 Å². The quantitative estimate of drug-likeness (QED) is 0.0185. The van der Waals surface area contributed by atoms with Crippen molar-refractivity contribution in [3.8, 4) is 5.75 Å². The predicted octanol–water partition coefficient (Wildman–Crippen LogP) is 6.83. The summed E-state index contributed by atoms with van der Waals surface area (Å²) in [5, 5.41) is 5.63. The fraction of sp³-hybridized carbons (Fsp3) is 0.100. The molecular weight excluding hydrogens is 711 g/mol. The molecule has 3 N–H and O–H groups in total. The first-order valence-corrected chi connectivity index (χ1v) is 16.2. The lowest BCUT2D eigenvalue weighted by atomic mass is 9.77. The third-order valence-electron chi connectivity index (χ3n) is 8.66. The van der Waals surface area contributed by atoms with Crippen LogP contribution < -0.4 is 15.4 Å². The largest absolute Gasteiger partial charge is 0.418 e. The summed E-state index contributed by atoms with van der Waals surface area (Å²) in [4.78, 5) is 59.7. The molecular formula is C40H27F5N4O5. The first kappa shape index (κ1) is 36.9. The second-order valence-electron chi connectivity index (χ2n) is 11.9. The lowest BCUT2D eigenvalue weighted by Crippen LogP contribution is -2.52. The summed E-state index contributed by atoms with van der Waals surface area (Å²) in [5.41, 5.74) is 0.973. The maximum atomic E-state index is 14.7. The molecule has 0 bridgehead atoms. The van der Waals surface area contributed by atoms with E-state index in [-0.39, 0.29) is 5.56 Å². The van der Waals surface area contributed by atoms with Crippen LogP contribution in [0.4, 0.5) is 22.0 Å². The number of ether oxygens (including phenoxy) is 1. The van der Waals surface area contributed by atoms with Crippen molar-refractivity contribution in [3.63, 3.8) is 0 Å². The van der Waals surface area contributed by atoms with Gasteiger partial charge in [-0.1, -0.05) is 109 Å². The van der Waals surface area contributed by atoms with Gasteiger partial charge in [-0.25, -0.2) is 22.8 Å². The van der Waals surface area contributed by atoms with Crippen molar-refractivity contribution >= 4 is 34.8 Å². The minimum atomic E-state index is -2.50. The van der Waals surface area contributed by atoms with Crippen molar-refractivity contribution < 1.29 is 45.9 Å². The molecule has 1 aromatic heterocycles. The van der Waals surface area contributed by atoms with Crippen LogP contribution in [0.15, 0.2) is 126 Å². The van der Waals surface area contributed by atoms with E-state index in [1.54, 1.807) is 115 Å². The smallest absolute Gasteiger partial charge is 0.334 e. The molecule has 272 valence electrons. The molecule has 0 aliphatic heterocycles. The molecule has 6 rings (SSSR count). The molecule has 1 heterocycles. The number of esters is 1. The Bertz CT molecular complexity index is 2260. The summed E-state index contributed by atoms with van der Waals surface area (Å²) < 4.78 is 76.0. The maximum absolute atomic E-state index is 14.7. The highest BCUT2D eigenvalue weighted by Gasteiger charge is 2.40. The van der Waals surface area contributed by atoms with Crippen LogP contribution in [0, 0.1) is 29.1 Å². The van der Waals surface area contributed by atoms with Crippen molar-refractivity contribution in [2.75, 3.05) is 0 Å². The van der Waals surface area contributed by atoms with Crippen LogP contribution in [0.1, 0.15) is 34.7 Å². The normalized spacial score (nSPS) is 12.3. The number of carbonyl (C=O) groups is 3. The minimum Gasteiger partial charge on any atom is -0.418 e. The highest BCUT2D eigenvalue weighted by atomic mass is 19.2. The van der Waals surface area contributed by atoms with E-state index in [1.807, 2.05) is 0 Å². The summed E-state index contributed by atoms with van der Waals surface area (Å²) in [7, 11) is 0. The van der Waals surface area contributed by atoms with Gasteiger partial charge in [0.25, 0.3) is 5.91 Å². The number of hydrogen-bond acceptors (Lipinski definition) is 6. The van der Waals surface area contributed by atoms with Gasteiger partial charge in [0, 0.05) is 22.7 Å². The average molecular weight is 739 g/mol. The molecule has 0 aliphatic rings. The monoisotopic (exact) mass is 738 g/mol.